The molecule has 1 N–H and O–H groups in total. The average molecular weight is 236 g/mol. The Bertz CT molecular complexity index is 525. The summed E-state index contributed by atoms with van der Waals surface area (Å²) < 4.78 is 0.657. The first-order valence-electron chi connectivity index (χ1n) is 4.85. The van der Waals surface area contributed by atoms with Gasteiger partial charge in [0.2, 0.25) is 0 Å². The van der Waals surface area contributed by atoms with Gasteiger partial charge in [-0.3, -0.25) is 0 Å². The van der Waals surface area contributed by atoms with Gasteiger partial charge in [0.1, 0.15) is 10.5 Å². The van der Waals surface area contributed by atoms with Crippen LogP contribution in [0.15, 0.2) is 17.5 Å². The van der Waals surface area contributed by atoms with E-state index in [9.17, 15) is 0 Å². The van der Waals surface area contributed by atoms with Crippen molar-refractivity contribution in [2.45, 2.75) is 20.3 Å². The molecule has 0 bridgehead atoms. The molecule has 0 atom stereocenters. The third-order valence-corrected chi connectivity index (χ3v) is 3.24. The van der Waals surface area contributed by atoms with Crippen molar-refractivity contribution in [2.75, 3.05) is 0 Å². The van der Waals surface area contributed by atoms with Crippen molar-refractivity contribution in [1.29, 1.82) is 0 Å². The van der Waals surface area contributed by atoms with Crippen molar-refractivity contribution >= 4 is 23.6 Å². The molecule has 0 fully saturated rings. The number of aromatic amines is 1. The highest BCUT2D eigenvalue weighted by atomic mass is 32.1. The number of thiophene rings is 1. The van der Waals surface area contributed by atoms with Crippen LogP contribution in [0.25, 0.3) is 11.3 Å². The summed E-state index contributed by atoms with van der Waals surface area (Å²) >= 11 is 6.88. The second-order valence-corrected chi connectivity index (χ2v) is 4.91. The zero-order valence-electron chi connectivity index (χ0n) is 8.70. The highest BCUT2D eigenvalue weighted by Crippen LogP contribution is 2.23. The molecule has 0 aromatic carbocycles. The number of nitrogens with one attached hydrogen (secondary N) is 1. The smallest absolute Gasteiger partial charge is 0.130 e. The fraction of sp³-hybridized carbons (Fsp3) is 0.273. The van der Waals surface area contributed by atoms with Crippen molar-refractivity contribution in [1.82, 2.24) is 9.97 Å². The van der Waals surface area contributed by atoms with Crippen molar-refractivity contribution in [3.8, 4) is 11.3 Å². The molecule has 2 aromatic rings. The summed E-state index contributed by atoms with van der Waals surface area (Å²) in [6.45, 7) is 4.17. The lowest BCUT2D eigenvalue weighted by Crippen LogP contribution is -1.94. The van der Waals surface area contributed by atoms with Crippen molar-refractivity contribution in [2.24, 2.45) is 0 Å². The lowest BCUT2D eigenvalue weighted by molar-refractivity contribution is 0.937. The Hall–Kier alpha value is -1.00. The maximum atomic E-state index is 5.13. The molecule has 2 nitrogen and oxygen atoms in total. The average Bonchev–Trinajstić information content (AvgIpc) is 2.64. The first kappa shape index (κ1) is 10.5. The number of H-pyrrole nitrogens is 1. The Labute approximate surface area is 98.0 Å². The van der Waals surface area contributed by atoms with Crippen LogP contribution in [-0.2, 0) is 6.42 Å². The van der Waals surface area contributed by atoms with E-state index in [0.29, 0.717) is 4.64 Å². The molecule has 0 aliphatic rings. The number of rotatable bonds is 2. The van der Waals surface area contributed by atoms with Gasteiger partial charge >= 0.3 is 0 Å². The van der Waals surface area contributed by atoms with Gasteiger partial charge in [0.05, 0.1) is 5.69 Å². The molecule has 2 rings (SSSR count). The molecular weight excluding hydrogens is 224 g/mol. The highest BCUT2D eigenvalue weighted by molar-refractivity contribution is 7.71. The van der Waals surface area contributed by atoms with Gasteiger partial charge in [-0.1, -0.05) is 19.1 Å². The molecule has 15 heavy (non-hydrogen) atoms. The minimum atomic E-state index is 0.657. The molecule has 0 aliphatic heterocycles. The van der Waals surface area contributed by atoms with Crippen LogP contribution < -0.4 is 0 Å². The molecule has 0 radical (unpaired) electrons. The van der Waals surface area contributed by atoms with Gasteiger partial charge in [0.15, 0.2) is 0 Å². The molecule has 0 spiro atoms. The number of nitrogens with zero attached hydrogens (tertiary/aromatic N) is 1. The largest absolute Gasteiger partial charge is 0.343 e. The fourth-order valence-electron chi connectivity index (χ4n) is 1.42. The molecule has 0 aliphatic carbocycles. The summed E-state index contributed by atoms with van der Waals surface area (Å²) in [5, 5.41) is 2.13. The van der Waals surface area contributed by atoms with Crippen LogP contribution in [0.5, 0.6) is 0 Å². The molecule has 4 heteroatoms. The summed E-state index contributed by atoms with van der Waals surface area (Å²) in [4.78, 5) is 8.85. The van der Waals surface area contributed by atoms with E-state index in [-0.39, 0.29) is 0 Å². The van der Waals surface area contributed by atoms with Crippen molar-refractivity contribution in [3.05, 3.63) is 32.9 Å². The van der Waals surface area contributed by atoms with Gasteiger partial charge < -0.3 is 4.98 Å². The Morgan fingerprint density at radius 3 is 2.87 bits per heavy atom. The molecule has 78 valence electrons. The standard InChI is InChI=1S/C11H12N2S2/c1-3-10-12-9(5-11(14)13-10)8-4-7(2)15-6-8/h4-6H,3H2,1-2H3,(H,12,13,14). The summed E-state index contributed by atoms with van der Waals surface area (Å²) in [7, 11) is 0. The molecule has 0 amide bonds. The van der Waals surface area contributed by atoms with E-state index in [2.05, 4.69) is 35.3 Å². The Balaban J connectivity index is 2.53. The second kappa shape index (κ2) is 4.24. The topological polar surface area (TPSA) is 28.7 Å². The SMILES string of the molecule is CCc1nc(=S)cc(-c2csc(C)c2)[nH]1. The maximum absolute atomic E-state index is 5.13. The summed E-state index contributed by atoms with van der Waals surface area (Å²) in [5.41, 5.74) is 2.26. The molecule has 2 heterocycles. The lowest BCUT2D eigenvalue weighted by atomic mass is 10.2. The van der Waals surface area contributed by atoms with E-state index in [1.807, 2.05) is 6.07 Å². The van der Waals surface area contributed by atoms with Crippen LogP contribution in [-0.4, -0.2) is 9.97 Å². The van der Waals surface area contributed by atoms with Crippen LogP contribution in [0.4, 0.5) is 0 Å². The van der Waals surface area contributed by atoms with Crippen LogP contribution in [0.2, 0.25) is 0 Å². The highest BCUT2D eigenvalue weighted by Gasteiger charge is 2.02. The quantitative estimate of drug-likeness (QED) is 0.805. The van der Waals surface area contributed by atoms with E-state index < -0.39 is 0 Å². The van der Waals surface area contributed by atoms with E-state index in [1.165, 1.54) is 10.4 Å². The van der Waals surface area contributed by atoms with Gasteiger partial charge in [0.25, 0.3) is 0 Å². The third kappa shape index (κ3) is 2.33. The Morgan fingerprint density at radius 2 is 2.27 bits per heavy atom. The predicted octanol–water partition coefficient (Wildman–Crippen LogP) is 3.74. The monoisotopic (exact) mass is 236 g/mol. The zero-order chi connectivity index (χ0) is 10.8. The van der Waals surface area contributed by atoms with Gasteiger partial charge in [-0.25, -0.2) is 4.98 Å². The van der Waals surface area contributed by atoms with E-state index in [1.54, 1.807) is 11.3 Å². The number of aromatic nitrogens is 2. The second-order valence-electron chi connectivity index (χ2n) is 3.38. The number of hydrogen-bond acceptors (Lipinski definition) is 3. The van der Waals surface area contributed by atoms with E-state index in [4.69, 9.17) is 12.2 Å². The summed E-state index contributed by atoms with van der Waals surface area (Å²) in [5.74, 6) is 0.946. The first-order valence-corrected chi connectivity index (χ1v) is 6.13. The van der Waals surface area contributed by atoms with Gasteiger partial charge in [0, 0.05) is 22.2 Å². The predicted molar refractivity (Wildman–Crippen MR) is 66.8 cm³/mol. The van der Waals surface area contributed by atoms with E-state index >= 15 is 0 Å². The lowest BCUT2D eigenvalue weighted by Gasteiger charge is -2.01. The minimum absolute atomic E-state index is 0.657. The molecule has 2 aromatic heterocycles. The number of aryl methyl sites for hydroxylation is 2. The third-order valence-electron chi connectivity index (χ3n) is 2.17. The number of hydrogen-bond donors (Lipinski definition) is 1. The summed E-state index contributed by atoms with van der Waals surface area (Å²) in [6.07, 6.45) is 0.876. The van der Waals surface area contributed by atoms with Crippen LogP contribution in [0, 0.1) is 11.6 Å². The van der Waals surface area contributed by atoms with Gasteiger partial charge in [-0.05, 0) is 19.1 Å². The maximum Gasteiger partial charge on any atom is 0.130 e. The minimum Gasteiger partial charge on any atom is -0.343 e. The van der Waals surface area contributed by atoms with Crippen molar-refractivity contribution < 1.29 is 0 Å². The van der Waals surface area contributed by atoms with E-state index in [0.717, 1.165) is 17.9 Å². The molecule has 0 unspecified atom stereocenters. The van der Waals surface area contributed by atoms with Crippen LogP contribution in [0.3, 0.4) is 0 Å². The normalized spacial score (nSPS) is 10.5. The van der Waals surface area contributed by atoms with Gasteiger partial charge in [-0.15, -0.1) is 11.3 Å². The zero-order valence-corrected chi connectivity index (χ0v) is 10.3. The molecule has 0 saturated heterocycles. The summed E-state index contributed by atoms with van der Waals surface area (Å²) in [6, 6.07) is 4.07. The fourth-order valence-corrected chi connectivity index (χ4v) is 2.35. The van der Waals surface area contributed by atoms with Gasteiger partial charge in [-0.2, -0.15) is 0 Å². The Morgan fingerprint density at radius 1 is 1.47 bits per heavy atom. The van der Waals surface area contributed by atoms with Crippen molar-refractivity contribution in [3.63, 3.8) is 0 Å². The molecule has 0 saturated carbocycles. The van der Waals surface area contributed by atoms with Crippen LogP contribution in [0.1, 0.15) is 17.6 Å². The van der Waals surface area contributed by atoms with Crippen LogP contribution >= 0.6 is 23.6 Å². The first-order chi connectivity index (χ1) is 7.19. The Kier molecular flexibility index (Phi) is 2.98. The molecular formula is C11H12N2S2.